The van der Waals surface area contributed by atoms with E-state index in [1.54, 1.807) is 12.4 Å². The zero-order chi connectivity index (χ0) is 18.5. The highest BCUT2D eigenvalue weighted by Gasteiger charge is 2.22. The Morgan fingerprint density at radius 2 is 2.19 bits per heavy atom. The number of rotatable bonds is 5. The minimum Gasteiger partial charge on any atom is -0.326 e. The number of pyridine rings is 1. The van der Waals surface area contributed by atoms with E-state index in [2.05, 4.69) is 20.8 Å². The molecule has 0 bridgehead atoms. The lowest BCUT2D eigenvalue weighted by Crippen LogP contribution is -2.32. The molecular formula is C20H22N4O2. The van der Waals surface area contributed by atoms with Gasteiger partial charge in [0.05, 0.1) is 5.71 Å². The molecule has 26 heavy (non-hydrogen) atoms. The van der Waals surface area contributed by atoms with E-state index < -0.39 is 0 Å². The van der Waals surface area contributed by atoms with Crippen molar-refractivity contribution < 1.29 is 9.59 Å². The van der Waals surface area contributed by atoms with Gasteiger partial charge in [0.25, 0.3) is 0 Å². The molecule has 0 radical (unpaired) electrons. The first kappa shape index (κ1) is 17.8. The van der Waals surface area contributed by atoms with Gasteiger partial charge in [-0.15, -0.1) is 0 Å². The highest BCUT2D eigenvalue weighted by Crippen LogP contribution is 2.22. The van der Waals surface area contributed by atoms with Crippen molar-refractivity contribution in [1.82, 2.24) is 10.4 Å². The molecule has 0 saturated heterocycles. The Bertz CT molecular complexity index is 846. The monoisotopic (exact) mass is 350 g/mol. The smallest absolute Gasteiger partial charge is 0.240 e. The summed E-state index contributed by atoms with van der Waals surface area (Å²) in [4.78, 5) is 27.6. The van der Waals surface area contributed by atoms with Crippen molar-refractivity contribution in [2.24, 2.45) is 11.0 Å². The summed E-state index contributed by atoms with van der Waals surface area (Å²) in [6, 6.07) is 9.58. The molecule has 1 aliphatic heterocycles. The van der Waals surface area contributed by atoms with Gasteiger partial charge in [-0.3, -0.25) is 14.6 Å². The van der Waals surface area contributed by atoms with Gasteiger partial charge in [0, 0.05) is 42.4 Å². The standard InChI is InChI=1S/C20H22N4O2/c1-13-10-16(22-18(25)8-5-15-4-3-9-21-12-15)6-7-17(13)20-14(2)11-19(26)23-24-20/h3-4,6-7,9-10,12,14H,5,8,11H2,1-2H3,(H,22,25)(H,23,26). The summed E-state index contributed by atoms with van der Waals surface area (Å²) < 4.78 is 0. The Morgan fingerprint density at radius 3 is 2.88 bits per heavy atom. The molecule has 1 aliphatic rings. The van der Waals surface area contributed by atoms with Crippen molar-refractivity contribution in [3.8, 4) is 0 Å². The van der Waals surface area contributed by atoms with Crippen LogP contribution in [0.15, 0.2) is 47.8 Å². The Hall–Kier alpha value is -3.02. The van der Waals surface area contributed by atoms with Crippen LogP contribution < -0.4 is 10.7 Å². The first-order valence-electron chi connectivity index (χ1n) is 8.69. The molecule has 2 heterocycles. The van der Waals surface area contributed by atoms with E-state index in [4.69, 9.17) is 0 Å². The van der Waals surface area contributed by atoms with Crippen molar-refractivity contribution in [1.29, 1.82) is 0 Å². The van der Waals surface area contributed by atoms with E-state index in [1.807, 2.05) is 44.2 Å². The van der Waals surface area contributed by atoms with Gasteiger partial charge in [-0.05, 0) is 42.7 Å². The molecule has 0 spiro atoms. The molecule has 1 aromatic carbocycles. The molecule has 1 unspecified atom stereocenters. The maximum absolute atomic E-state index is 12.2. The van der Waals surface area contributed by atoms with E-state index in [1.165, 1.54) is 0 Å². The molecule has 6 heteroatoms. The van der Waals surface area contributed by atoms with Crippen molar-refractivity contribution in [2.45, 2.75) is 33.1 Å². The highest BCUT2D eigenvalue weighted by atomic mass is 16.2. The molecule has 134 valence electrons. The summed E-state index contributed by atoms with van der Waals surface area (Å²) in [6.07, 6.45) is 4.99. The molecule has 1 atom stereocenters. The van der Waals surface area contributed by atoms with Crippen molar-refractivity contribution in [3.63, 3.8) is 0 Å². The summed E-state index contributed by atoms with van der Waals surface area (Å²) in [5, 5.41) is 7.13. The lowest BCUT2D eigenvalue weighted by Gasteiger charge is -2.21. The summed E-state index contributed by atoms with van der Waals surface area (Å²) >= 11 is 0. The molecule has 1 aromatic heterocycles. The molecule has 0 saturated carbocycles. The van der Waals surface area contributed by atoms with Gasteiger partial charge in [-0.1, -0.05) is 19.1 Å². The van der Waals surface area contributed by atoms with Crippen LogP contribution in [-0.4, -0.2) is 22.5 Å². The normalized spacial score (nSPS) is 16.6. The van der Waals surface area contributed by atoms with Crippen LogP contribution in [0.5, 0.6) is 0 Å². The average molecular weight is 350 g/mol. The average Bonchev–Trinajstić information content (AvgIpc) is 2.62. The fourth-order valence-corrected chi connectivity index (χ4v) is 3.04. The number of hydrazone groups is 1. The van der Waals surface area contributed by atoms with Crippen LogP contribution in [0, 0.1) is 12.8 Å². The zero-order valence-corrected chi connectivity index (χ0v) is 15.0. The number of aryl methyl sites for hydroxylation is 2. The van der Waals surface area contributed by atoms with Crippen LogP contribution in [0.25, 0.3) is 0 Å². The molecule has 2 aromatic rings. The third-order valence-corrected chi connectivity index (χ3v) is 4.41. The van der Waals surface area contributed by atoms with Crippen LogP contribution in [0.2, 0.25) is 0 Å². The number of nitrogens with zero attached hydrogens (tertiary/aromatic N) is 2. The summed E-state index contributed by atoms with van der Waals surface area (Å²) in [7, 11) is 0. The quantitative estimate of drug-likeness (QED) is 0.870. The second-order valence-electron chi connectivity index (χ2n) is 6.58. The minimum absolute atomic E-state index is 0.0309. The van der Waals surface area contributed by atoms with Crippen LogP contribution in [0.3, 0.4) is 0 Å². The van der Waals surface area contributed by atoms with Crippen molar-refractivity contribution >= 4 is 23.2 Å². The first-order chi connectivity index (χ1) is 12.5. The third-order valence-electron chi connectivity index (χ3n) is 4.41. The minimum atomic E-state index is -0.0589. The Balaban J connectivity index is 1.64. The fourth-order valence-electron chi connectivity index (χ4n) is 3.04. The molecular weight excluding hydrogens is 328 g/mol. The maximum Gasteiger partial charge on any atom is 0.240 e. The highest BCUT2D eigenvalue weighted by molar-refractivity contribution is 6.07. The molecule has 0 fully saturated rings. The number of amides is 2. The van der Waals surface area contributed by atoms with Gasteiger partial charge in [-0.25, -0.2) is 5.43 Å². The van der Waals surface area contributed by atoms with Gasteiger partial charge in [0.2, 0.25) is 11.8 Å². The van der Waals surface area contributed by atoms with Gasteiger partial charge in [0.15, 0.2) is 0 Å². The van der Waals surface area contributed by atoms with Crippen LogP contribution in [-0.2, 0) is 16.0 Å². The molecule has 3 rings (SSSR count). The van der Waals surface area contributed by atoms with Gasteiger partial charge < -0.3 is 5.32 Å². The Morgan fingerprint density at radius 1 is 1.35 bits per heavy atom. The van der Waals surface area contributed by atoms with Crippen LogP contribution >= 0.6 is 0 Å². The SMILES string of the molecule is Cc1cc(NC(=O)CCc2cccnc2)ccc1C1=NNC(=O)CC1C. The zero-order valence-electron chi connectivity index (χ0n) is 15.0. The first-order valence-corrected chi connectivity index (χ1v) is 8.69. The van der Waals surface area contributed by atoms with Crippen LogP contribution in [0.1, 0.15) is 36.5 Å². The van der Waals surface area contributed by atoms with Crippen LogP contribution in [0.4, 0.5) is 5.69 Å². The number of benzene rings is 1. The van der Waals surface area contributed by atoms with E-state index in [0.717, 1.165) is 28.1 Å². The number of nitrogens with one attached hydrogen (secondary N) is 2. The summed E-state index contributed by atoms with van der Waals surface area (Å²) in [5.74, 6) is -0.0181. The van der Waals surface area contributed by atoms with E-state index in [9.17, 15) is 9.59 Å². The Kier molecular flexibility index (Phi) is 5.41. The number of anilines is 1. The topological polar surface area (TPSA) is 83.4 Å². The number of hydrogen-bond donors (Lipinski definition) is 2. The number of carbonyl (C=O) groups is 2. The second-order valence-corrected chi connectivity index (χ2v) is 6.58. The predicted octanol–water partition coefficient (Wildman–Crippen LogP) is 2.82. The summed E-state index contributed by atoms with van der Waals surface area (Å²) in [6.45, 7) is 3.97. The lowest BCUT2D eigenvalue weighted by molar-refractivity contribution is -0.122. The second kappa shape index (κ2) is 7.91. The number of hydrogen-bond acceptors (Lipinski definition) is 4. The predicted molar refractivity (Wildman–Crippen MR) is 101 cm³/mol. The van der Waals surface area contributed by atoms with Gasteiger partial charge in [-0.2, -0.15) is 5.10 Å². The molecule has 6 nitrogen and oxygen atoms in total. The molecule has 2 amide bonds. The van der Waals surface area contributed by atoms with Gasteiger partial charge in [0.1, 0.15) is 0 Å². The lowest BCUT2D eigenvalue weighted by atomic mass is 9.91. The van der Waals surface area contributed by atoms with Crippen molar-refractivity contribution in [2.75, 3.05) is 5.32 Å². The summed E-state index contributed by atoms with van der Waals surface area (Å²) in [5.41, 5.74) is 7.22. The van der Waals surface area contributed by atoms with Gasteiger partial charge >= 0.3 is 0 Å². The fraction of sp³-hybridized carbons (Fsp3) is 0.300. The maximum atomic E-state index is 12.2. The largest absolute Gasteiger partial charge is 0.326 e. The Labute approximate surface area is 152 Å². The molecule has 0 aliphatic carbocycles. The van der Waals surface area contributed by atoms with Crippen molar-refractivity contribution in [3.05, 3.63) is 59.4 Å². The number of aromatic nitrogens is 1. The third kappa shape index (κ3) is 4.33. The van der Waals surface area contributed by atoms with E-state index in [0.29, 0.717) is 19.3 Å². The van der Waals surface area contributed by atoms with E-state index >= 15 is 0 Å². The number of carbonyl (C=O) groups excluding carboxylic acids is 2. The van der Waals surface area contributed by atoms with E-state index in [-0.39, 0.29) is 17.7 Å². The molecule has 2 N–H and O–H groups in total.